The zero-order valence-electron chi connectivity index (χ0n) is 14.6. The van der Waals surface area contributed by atoms with E-state index < -0.39 is 0 Å². The van der Waals surface area contributed by atoms with Crippen LogP contribution in [0.4, 0.5) is 5.69 Å². The molecule has 0 aliphatic carbocycles. The van der Waals surface area contributed by atoms with Gasteiger partial charge in [-0.25, -0.2) is 0 Å². The third kappa shape index (κ3) is 3.99. The monoisotopic (exact) mass is 351 g/mol. The molecular weight excluding hydrogens is 330 g/mol. The molecule has 0 fully saturated rings. The Bertz CT molecular complexity index is 914. The first-order valence-corrected chi connectivity index (χ1v) is 8.84. The Hall–Kier alpha value is -2.41. The van der Waals surface area contributed by atoms with Crippen LogP contribution in [0.25, 0.3) is 10.9 Å². The average molecular weight is 352 g/mol. The second-order valence-corrected chi connectivity index (χ2v) is 6.25. The molecule has 4 heteroatoms. The molecule has 2 N–H and O–H groups in total. The second kappa shape index (κ2) is 8.11. The summed E-state index contributed by atoms with van der Waals surface area (Å²) in [6, 6.07) is 16.3. The second-order valence-electron chi connectivity index (χ2n) is 5.82. The van der Waals surface area contributed by atoms with Gasteiger partial charge < -0.3 is 15.2 Å². The Balaban J connectivity index is 1.81. The first kappa shape index (κ1) is 17.4. The van der Waals surface area contributed by atoms with Gasteiger partial charge in [0.25, 0.3) is 0 Å². The van der Waals surface area contributed by atoms with E-state index in [0.717, 1.165) is 29.5 Å². The molecule has 3 aromatic rings. The normalized spacial score (nSPS) is 10.5. The van der Waals surface area contributed by atoms with E-state index in [4.69, 9.17) is 11.6 Å². The van der Waals surface area contributed by atoms with Gasteiger partial charge in [-0.3, -0.25) is 0 Å². The predicted molar refractivity (Wildman–Crippen MR) is 107 cm³/mol. The molecule has 0 atom stereocenters. The summed E-state index contributed by atoms with van der Waals surface area (Å²) in [5.41, 5.74) is 4.62. The lowest BCUT2D eigenvalue weighted by Gasteiger charge is -2.05. The van der Waals surface area contributed by atoms with Crippen molar-refractivity contribution in [2.45, 2.75) is 20.0 Å². The van der Waals surface area contributed by atoms with Crippen LogP contribution in [0.5, 0.6) is 0 Å². The summed E-state index contributed by atoms with van der Waals surface area (Å²) in [5, 5.41) is 8.54. The van der Waals surface area contributed by atoms with Gasteiger partial charge in [0.1, 0.15) is 0 Å². The lowest BCUT2D eigenvalue weighted by molar-refractivity contribution is 0.786. The molecule has 1 heterocycles. The SMILES string of the molecule is CCn1c(C#CCNc2ccc(Cl)cc2)cc2c(CNC)cccc21. The zero-order chi connectivity index (χ0) is 17.6. The Morgan fingerprint density at radius 2 is 1.92 bits per heavy atom. The molecule has 0 saturated carbocycles. The molecule has 25 heavy (non-hydrogen) atoms. The number of nitrogens with one attached hydrogen (secondary N) is 2. The maximum absolute atomic E-state index is 5.90. The Labute approximate surface area is 154 Å². The van der Waals surface area contributed by atoms with Crippen LogP contribution in [0.2, 0.25) is 5.02 Å². The van der Waals surface area contributed by atoms with Crippen LogP contribution in [0.3, 0.4) is 0 Å². The highest BCUT2D eigenvalue weighted by atomic mass is 35.5. The summed E-state index contributed by atoms with van der Waals surface area (Å²) < 4.78 is 2.27. The maximum atomic E-state index is 5.90. The fourth-order valence-corrected chi connectivity index (χ4v) is 3.11. The quantitative estimate of drug-likeness (QED) is 0.663. The van der Waals surface area contributed by atoms with E-state index in [1.807, 2.05) is 31.3 Å². The van der Waals surface area contributed by atoms with Crippen molar-refractivity contribution in [3.05, 3.63) is 64.8 Å². The molecule has 0 saturated heterocycles. The van der Waals surface area contributed by atoms with E-state index in [-0.39, 0.29) is 0 Å². The first-order valence-electron chi connectivity index (χ1n) is 8.47. The van der Waals surface area contributed by atoms with Crippen LogP contribution >= 0.6 is 11.6 Å². The molecule has 0 bridgehead atoms. The average Bonchev–Trinajstić information content (AvgIpc) is 2.99. The van der Waals surface area contributed by atoms with Crippen LogP contribution in [-0.2, 0) is 13.1 Å². The minimum Gasteiger partial charge on any atom is -0.374 e. The zero-order valence-corrected chi connectivity index (χ0v) is 15.3. The van der Waals surface area contributed by atoms with Gasteiger partial charge in [0.05, 0.1) is 12.2 Å². The number of fused-ring (bicyclic) bond motifs is 1. The first-order chi connectivity index (χ1) is 12.2. The third-order valence-electron chi connectivity index (χ3n) is 4.16. The van der Waals surface area contributed by atoms with Crippen molar-refractivity contribution in [1.29, 1.82) is 0 Å². The number of halogens is 1. The summed E-state index contributed by atoms with van der Waals surface area (Å²) in [4.78, 5) is 0. The van der Waals surface area contributed by atoms with Crippen molar-refractivity contribution in [2.24, 2.45) is 0 Å². The number of hydrogen-bond acceptors (Lipinski definition) is 2. The van der Waals surface area contributed by atoms with E-state index in [0.29, 0.717) is 6.54 Å². The van der Waals surface area contributed by atoms with Crippen LogP contribution < -0.4 is 10.6 Å². The highest BCUT2D eigenvalue weighted by Crippen LogP contribution is 2.23. The molecule has 0 spiro atoms. The van der Waals surface area contributed by atoms with E-state index in [2.05, 4.69) is 58.2 Å². The Kier molecular flexibility index (Phi) is 5.65. The smallest absolute Gasteiger partial charge is 0.0931 e. The largest absolute Gasteiger partial charge is 0.374 e. The molecule has 1 aromatic heterocycles. The number of rotatable bonds is 5. The van der Waals surface area contributed by atoms with Crippen molar-refractivity contribution in [3.63, 3.8) is 0 Å². The van der Waals surface area contributed by atoms with Gasteiger partial charge in [0.2, 0.25) is 0 Å². The minimum atomic E-state index is 0.593. The molecule has 3 rings (SSSR count). The lowest BCUT2D eigenvalue weighted by Crippen LogP contribution is -2.05. The highest BCUT2D eigenvalue weighted by molar-refractivity contribution is 6.30. The van der Waals surface area contributed by atoms with Crippen molar-refractivity contribution < 1.29 is 0 Å². The molecule has 2 aromatic carbocycles. The number of benzene rings is 2. The molecule has 0 amide bonds. The van der Waals surface area contributed by atoms with Gasteiger partial charge in [0, 0.05) is 34.7 Å². The van der Waals surface area contributed by atoms with Gasteiger partial charge in [-0.15, -0.1) is 0 Å². The van der Waals surface area contributed by atoms with Crippen LogP contribution in [-0.4, -0.2) is 18.2 Å². The topological polar surface area (TPSA) is 29.0 Å². The molecule has 0 aliphatic heterocycles. The van der Waals surface area contributed by atoms with E-state index in [9.17, 15) is 0 Å². The molecule has 3 nitrogen and oxygen atoms in total. The van der Waals surface area contributed by atoms with Crippen molar-refractivity contribution in [2.75, 3.05) is 18.9 Å². The molecular formula is C21H22ClN3. The minimum absolute atomic E-state index is 0.593. The van der Waals surface area contributed by atoms with E-state index in [1.54, 1.807) is 0 Å². The van der Waals surface area contributed by atoms with Crippen molar-refractivity contribution in [1.82, 2.24) is 9.88 Å². The Morgan fingerprint density at radius 3 is 2.64 bits per heavy atom. The fraction of sp³-hybridized carbons (Fsp3) is 0.238. The van der Waals surface area contributed by atoms with Gasteiger partial charge in [0.15, 0.2) is 0 Å². The maximum Gasteiger partial charge on any atom is 0.0931 e. The summed E-state index contributed by atoms with van der Waals surface area (Å²) in [7, 11) is 1.97. The third-order valence-corrected chi connectivity index (χ3v) is 4.41. The van der Waals surface area contributed by atoms with Gasteiger partial charge in [-0.05, 0) is 61.9 Å². The number of hydrogen-bond donors (Lipinski definition) is 2. The standard InChI is InChI=1S/C21H22ClN3/c1-3-25-19(7-5-13-24-18-11-9-17(22)10-12-18)14-20-16(15-23-2)6-4-8-21(20)25/h4,6,8-12,14,23-24H,3,13,15H2,1-2H3. The number of aryl methyl sites for hydroxylation is 1. The summed E-state index contributed by atoms with van der Waals surface area (Å²) in [6.07, 6.45) is 0. The van der Waals surface area contributed by atoms with Gasteiger partial charge >= 0.3 is 0 Å². The highest BCUT2D eigenvalue weighted by Gasteiger charge is 2.08. The summed E-state index contributed by atoms with van der Waals surface area (Å²) >= 11 is 5.90. The molecule has 0 unspecified atom stereocenters. The molecule has 0 aliphatic rings. The molecule has 128 valence electrons. The molecule has 0 radical (unpaired) electrons. The number of aromatic nitrogens is 1. The summed E-state index contributed by atoms with van der Waals surface area (Å²) in [5.74, 6) is 6.53. The van der Waals surface area contributed by atoms with Crippen molar-refractivity contribution >= 4 is 28.2 Å². The van der Waals surface area contributed by atoms with Crippen LogP contribution in [0.1, 0.15) is 18.2 Å². The van der Waals surface area contributed by atoms with Crippen LogP contribution in [0.15, 0.2) is 48.5 Å². The number of anilines is 1. The summed E-state index contributed by atoms with van der Waals surface area (Å²) in [6.45, 7) is 4.51. The lowest BCUT2D eigenvalue weighted by atomic mass is 10.1. The number of nitrogens with zero attached hydrogens (tertiary/aromatic N) is 1. The fourth-order valence-electron chi connectivity index (χ4n) is 2.98. The Morgan fingerprint density at radius 1 is 1.12 bits per heavy atom. The van der Waals surface area contributed by atoms with Gasteiger partial charge in [-0.2, -0.15) is 0 Å². The van der Waals surface area contributed by atoms with E-state index >= 15 is 0 Å². The van der Waals surface area contributed by atoms with Gasteiger partial charge in [-0.1, -0.05) is 29.7 Å². The van der Waals surface area contributed by atoms with E-state index in [1.165, 1.54) is 16.5 Å². The van der Waals surface area contributed by atoms with Crippen molar-refractivity contribution in [3.8, 4) is 11.8 Å². The van der Waals surface area contributed by atoms with Crippen LogP contribution in [0, 0.1) is 11.8 Å². The predicted octanol–water partition coefficient (Wildman–Crippen LogP) is 4.50.